The molecule has 0 radical (unpaired) electrons. The van der Waals surface area contributed by atoms with Crippen molar-refractivity contribution in [3.63, 3.8) is 0 Å². The van der Waals surface area contributed by atoms with E-state index in [4.69, 9.17) is 5.11 Å². The molecule has 0 saturated heterocycles. The first-order chi connectivity index (χ1) is 12.9. The number of unbranched alkanes of at least 4 members (excludes halogenated alkanes) is 14. The fourth-order valence-corrected chi connectivity index (χ4v) is 3.35. The van der Waals surface area contributed by atoms with Crippen molar-refractivity contribution >= 4 is 0 Å². The summed E-state index contributed by atoms with van der Waals surface area (Å²) in [4.78, 5) is 4.07. The molecular weight excluding hydrogens is 320 g/mol. The molecule has 26 heavy (non-hydrogen) atoms. The lowest BCUT2D eigenvalue weighted by molar-refractivity contribution is 0.282. The van der Waals surface area contributed by atoms with Gasteiger partial charge in [0.1, 0.15) is 0 Å². The maximum Gasteiger partial charge on any atom is 0.0945 e. The van der Waals surface area contributed by atoms with Crippen LogP contribution in [0.15, 0.2) is 30.9 Å². The molecule has 150 valence electrons. The van der Waals surface area contributed by atoms with E-state index in [2.05, 4.69) is 21.7 Å². The fraction of sp³-hybridized carbons (Fsp3) is 0.783. The Balaban J connectivity index is 1.70. The summed E-state index contributed by atoms with van der Waals surface area (Å²) in [5.74, 6) is 0. The number of allylic oxidation sites excluding steroid dienone is 2. The molecule has 0 aliphatic rings. The smallest absolute Gasteiger partial charge is 0.0945 e. The minimum absolute atomic E-state index is 0.360. The number of hydrogen-bond acceptors (Lipinski definition) is 2. The molecule has 1 N–H and O–H groups in total. The van der Waals surface area contributed by atoms with Crippen molar-refractivity contribution in [2.75, 3.05) is 6.61 Å². The van der Waals surface area contributed by atoms with Crippen LogP contribution in [0.5, 0.6) is 0 Å². The molecule has 0 bridgehead atoms. The minimum Gasteiger partial charge on any atom is -0.396 e. The van der Waals surface area contributed by atoms with Crippen LogP contribution in [-0.2, 0) is 6.54 Å². The van der Waals surface area contributed by atoms with Crippen molar-refractivity contribution in [1.82, 2.24) is 9.55 Å². The highest BCUT2D eigenvalue weighted by Crippen LogP contribution is 2.11. The average molecular weight is 363 g/mol. The average Bonchev–Trinajstić information content (AvgIpc) is 3.17. The Hall–Kier alpha value is -1.09. The second-order valence-electron chi connectivity index (χ2n) is 7.52. The normalized spacial score (nSPS) is 11.6. The van der Waals surface area contributed by atoms with Crippen molar-refractivity contribution in [3.8, 4) is 0 Å². The van der Waals surface area contributed by atoms with Gasteiger partial charge in [0.25, 0.3) is 0 Å². The molecule has 0 spiro atoms. The molecule has 0 amide bonds. The molecule has 0 unspecified atom stereocenters. The second kappa shape index (κ2) is 18.7. The zero-order valence-corrected chi connectivity index (χ0v) is 17.0. The van der Waals surface area contributed by atoms with E-state index < -0.39 is 0 Å². The monoisotopic (exact) mass is 362 g/mol. The fourth-order valence-electron chi connectivity index (χ4n) is 3.35. The Morgan fingerprint density at radius 1 is 0.654 bits per heavy atom. The highest BCUT2D eigenvalue weighted by molar-refractivity contribution is 4.81. The van der Waals surface area contributed by atoms with Crippen LogP contribution in [0.25, 0.3) is 0 Å². The summed E-state index contributed by atoms with van der Waals surface area (Å²) < 4.78 is 2.17. The highest BCUT2D eigenvalue weighted by atomic mass is 16.2. The molecule has 0 aliphatic carbocycles. The maximum atomic E-state index is 8.72. The largest absolute Gasteiger partial charge is 0.396 e. The predicted octanol–water partition coefficient (Wildman–Crippen LogP) is 6.67. The van der Waals surface area contributed by atoms with E-state index in [0.29, 0.717) is 6.61 Å². The molecule has 0 atom stereocenters. The van der Waals surface area contributed by atoms with Crippen LogP contribution in [0.4, 0.5) is 0 Å². The first-order valence-electron chi connectivity index (χ1n) is 11.1. The number of aromatic nitrogens is 2. The van der Waals surface area contributed by atoms with Crippen molar-refractivity contribution < 1.29 is 5.11 Å². The highest BCUT2D eigenvalue weighted by Gasteiger charge is 1.93. The van der Waals surface area contributed by atoms with Crippen LogP contribution in [0.2, 0.25) is 0 Å². The van der Waals surface area contributed by atoms with Gasteiger partial charge in [0.2, 0.25) is 0 Å². The summed E-state index contributed by atoms with van der Waals surface area (Å²) >= 11 is 0. The van der Waals surface area contributed by atoms with E-state index in [0.717, 1.165) is 13.0 Å². The summed E-state index contributed by atoms with van der Waals surface area (Å²) in [5.41, 5.74) is 0. The molecular formula is C23H42N2O. The first kappa shape index (κ1) is 23.0. The minimum atomic E-state index is 0.360. The number of nitrogens with zero attached hydrogens (tertiary/aromatic N) is 2. The third-order valence-electron chi connectivity index (χ3n) is 5.04. The van der Waals surface area contributed by atoms with Crippen LogP contribution < -0.4 is 0 Å². The van der Waals surface area contributed by atoms with E-state index in [1.54, 1.807) is 0 Å². The van der Waals surface area contributed by atoms with Crippen LogP contribution in [0, 0.1) is 0 Å². The topological polar surface area (TPSA) is 38.0 Å². The lowest BCUT2D eigenvalue weighted by atomic mass is 10.1. The zero-order valence-electron chi connectivity index (χ0n) is 17.0. The van der Waals surface area contributed by atoms with Gasteiger partial charge in [-0.25, -0.2) is 4.98 Å². The van der Waals surface area contributed by atoms with Gasteiger partial charge in [0.15, 0.2) is 0 Å². The molecule has 0 saturated carbocycles. The molecule has 3 nitrogen and oxygen atoms in total. The van der Waals surface area contributed by atoms with E-state index in [-0.39, 0.29) is 0 Å². The lowest BCUT2D eigenvalue weighted by Crippen LogP contribution is -1.93. The van der Waals surface area contributed by atoms with Crippen LogP contribution in [0.3, 0.4) is 0 Å². The van der Waals surface area contributed by atoms with E-state index in [1.165, 1.54) is 96.3 Å². The van der Waals surface area contributed by atoms with Gasteiger partial charge in [-0.3, -0.25) is 0 Å². The Kier molecular flexibility index (Phi) is 16.5. The molecule has 1 aromatic rings. The summed E-state index contributed by atoms with van der Waals surface area (Å²) in [6.07, 6.45) is 31.6. The number of hydrogen-bond donors (Lipinski definition) is 1. The summed E-state index contributed by atoms with van der Waals surface area (Å²) in [6.45, 7) is 1.48. The standard InChI is InChI=1S/C23H42N2O/c26-22-18-16-14-12-10-8-6-4-2-1-3-5-7-9-11-13-15-17-20-25-21-19-24-23-25/h1,3,19,21,23,26H,2,4-18,20,22H2/b3-1-. The van der Waals surface area contributed by atoms with Gasteiger partial charge in [-0.15, -0.1) is 0 Å². The Morgan fingerprint density at radius 2 is 1.15 bits per heavy atom. The number of aliphatic hydroxyl groups is 1. The summed E-state index contributed by atoms with van der Waals surface area (Å²) in [6, 6.07) is 0. The van der Waals surface area contributed by atoms with Crippen molar-refractivity contribution in [1.29, 1.82) is 0 Å². The molecule has 3 heteroatoms. The Bertz CT molecular complexity index is 400. The summed E-state index contributed by atoms with van der Waals surface area (Å²) in [7, 11) is 0. The predicted molar refractivity (Wildman–Crippen MR) is 112 cm³/mol. The zero-order chi connectivity index (χ0) is 18.5. The molecule has 1 rings (SSSR count). The van der Waals surface area contributed by atoms with Gasteiger partial charge >= 0.3 is 0 Å². The van der Waals surface area contributed by atoms with Crippen molar-refractivity contribution in [2.24, 2.45) is 0 Å². The van der Waals surface area contributed by atoms with Gasteiger partial charge in [-0.2, -0.15) is 0 Å². The number of aliphatic hydroxyl groups excluding tert-OH is 1. The second-order valence-corrected chi connectivity index (χ2v) is 7.52. The quantitative estimate of drug-likeness (QED) is 0.220. The molecule has 1 aromatic heterocycles. The number of imidazole rings is 1. The molecule has 0 fully saturated rings. The van der Waals surface area contributed by atoms with E-state index in [1.807, 2.05) is 18.7 Å². The maximum absolute atomic E-state index is 8.72. The molecule has 0 aliphatic heterocycles. The van der Waals surface area contributed by atoms with Gasteiger partial charge in [0, 0.05) is 25.5 Å². The van der Waals surface area contributed by atoms with Gasteiger partial charge in [-0.05, 0) is 38.5 Å². The van der Waals surface area contributed by atoms with Gasteiger partial charge in [0.05, 0.1) is 6.33 Å². The van der Waals surface area contributed by atoms with Crippen LogP contribution in [0.1, 0.15) is 103 Å². The summed E-state index contributed by atoms with van der Waals surface area (Å²) in [5, 5.41) is 8.72. The first-order valence-corrected chi connectivity index (χ1v) is 11.1. The van der Waals surface area contributed by atoms with Gasteiger partial charge < -0.3 is 9.67 Å². The van der Waals surface area contributed by atoms with E-state index in [9.17, 15) is 0 Å². The Morgan fingerprint density at radius 3 is 1.65 bits per heavy atom. The van der Waals surface area contributed by atoms with Crippen LogP contribution >= 0.6 is 0 Å². The van der Waals surface area contributed by atoms with Gasteiger partial charge in [-0.1, -0.05) is 76.4 Å². The van der Waals surface area contributed by atoms with Crippen molar-refractivity contribution in [2.45, 2.75) is 109 Å². The van der Waals surface area contributed by atoms with E-state index >= 15 is 0 Å². The Labute approximate surface area is 161 Å². The van der Waals surface area contributed by atoms with Crippen molar-refractivity contribution in [3.05, 3.63) is 30.9 Å². The van der Waals surface area contributed by atoms with Crippen LogP contribution in [-0.4, -0.2) is 21.3 Å². The third kappa shape index (κ3) is 15.2. The lowest BCUT2D eigenvalue weighted by Gasteiger charge is -2.02. The SMILES string of the molecule is OCCCCCCCCCC/C=C\CCCCCCCCn1ccnc1. The molecule has 1 heterocycles. The number of rotatable bonds is 19. The molecule has 0 aromatic carbocycles. The number of aryl methyl sites for hydroxylation is 1. The third-order valence-corrected chi connectivity index (χ3v) is 5.04.